The van der Waals surface area contributed by atoms with Crippen molar-refractivity contribution in [3.8, 4) is 5.69 Å². The summed E-state index contributed by atoms with van der Waals surface area (Å²) in [6.07, 6.45) is 0. The highest BCUT2D eigenvalue weighted by molar-refractivity contribution is 6.01. The Morgan fingerprint density at radius 1 is 1.20 bits per heavy atom. The van der Waals surface area contributed by atoms with E-state index in [0.29, 0.717) is 4.57 Å². The van der Waals surface area contributed by atoms with Crippen LogP contribution < -0.4 is 16.6 Å². The Hall–Kier alpha value is -3.70. The normalized spacial score (nSPS) is 10.7. The number of aromatic nitrogens is 7. The minimum atomic E-state index is -0.999. The van der Waals surface area contributed by atoms with Gasteiger partial charge in [-0.1, -0.05) is 11.2 Å². The zero-order chi connectivity index (χ0) is 18.1. The number of amides is 1. The zero-order valence-electron chi connectivity index (χ0n) is 13.0. The summed E-state index contributed by atoms with van der Waals surface area (Å²) < 4.78 is 16.1. The summed E-state index contributed by atoms with van der Waals surface area (Å²) in [5.41, 5.74) is -2.43. The summed E-state index contributed by atoms with van der Waals surface area (Å²) in [4.78, 5) is 37.1. The minimum absolute atomic E-state index is 0.0163. The second-order valence-electron chi connectivity index (χ2n) is 4.96. The molecule has 0 saturated carbocycles. The second-order valence-corrected chi connectivity index (χ2v) is 4.96. The molecule has 1 N–H and O–H groups in total. The Morgan fingerprint density at radius 3 is 2.60 bits per heavy atom. The van der Waals surface area contributed by atoms with E-state index in [4.69, 9.17) is 0 Å². The van der Waals surface area contributed by atoms with Gasteiger partial charge in [0.05, 0.1) is 5.69 Å². The lowest BCUT2D eigenvalue weighted by Gasteiger charge is -2.09. The molecule has 25 heavy (non-hydrogen) atoms. The third-order valence-electron chi connectivity index (χ3n) is 3.25. The molecule has 0 bridgehead atoms. The van der Waals surface area contributed by atoms with Crippen molar-refractivity contribution in [2.45, 2.75) is 0 Å². The number of hydrogen-bond donors (Lipinski definition) is 1. The van der Waals surface area contributed by atoms with E-state index in [0.717, 1.165) is 16.8 Å². The number of rotatable bonds is 3. The van der Waals surface area contributed by atoms with Crippen molar-refractivity contribution in [2.75, 3.05) is 5.32 Å². The number of hydrogen-bond acceptors (Lipinski definition) is 7. The Kier molecular flexibility index (Phi) is 3.92. The molecule has 3 aromatic rings. The van der Waals surface area contributed by atoms with Gasteiger partial charge in [0.25, 0.3) is 11.5 Å². The van der Waals surface area contributed by atoms with Crippen LogP contribution in [0.5, 0.6) is 0 Å². The lowest BCUT2D eigenvalue weighted by atomic mass is 10.3. The molecular formula is C13H11FN8O3. The average molecular weight is 346 g/mol. The van der Waals surface area contributed by atoms with Crippen molar-refractivity contribution in [3.05, 3.63) is 56.6 Å². The maximum absolute atomic E-state index is 13.4. The first kappa shape index (κ1) is 16.2. The Balaban J connectivity index is 2.13. The molecule has 1 aromatic carbocycles. The van der Waals surface area contributed by atoms with Crippen LogP contribution in [0.15, 0.2) is 33.9 Å². The van der Waals surface area contributed by atoms with Gasteiger partial charge in [-0.05, 0) is 28.6 Å². The van der Waals surface area contributed by atoms with Gasteiger partial charge in [-0.3, -0.25) is 14.9 Å². The Labute approximate surface area is 138 Å². The molecule has 0 radical (unpaired) electrons. The third-order valence-corrected chi connectivity index (χ3v) is 3.25. The molecule has 12 heteroatoms. The van der Waals surface area contributed by atoms with Gasteiger partial charge in [0, 0.05) is 14.1 Å². The summed E-state index contributed by atoms with van der Waals surface area (Å²) in [7, 11) is 2.74. The molecule has 0 aliphatic carbocycles. The number of tetrazole rings is 1. The molecule has 0 aliphatic heterocycles. The molecular weight excluding hydrogens is 335 g/mol. The van der Waals surface area contributed by atoms with E-state index >= 15 is 0 Å². The molecule has 0 unspecified atom stereocenters. The lowest BCUT2D eigenvalue weighted by Crippen LogP contribution is -2.43. The predicted molar refractivity (Wildman–Crippen MR) is 81.8 cm³/mol. The van der Waals surface area contributed by atoms with Crippen molar-refractivity contribution in [2.24, 2.45) is 14.1 Å². The van der Waals surface area contributed by atoms with Crippen LogP contribution >= 0.6 is 0 Å². The molecule has 0 fully saturated rings. The van der Waals surface area contributed by atoms with E-state index in [-0.39, 0.29) is 11.6 Å². The van der Waals surface area contributed by atoms with Crippen LogP contribution in [0.3, 0.4) is 0 Å². The molecule has 0 spiro atoms. The number of carbonyl (C=O) groups is 1. The maximum Gasteiger partial charge on any atom is 0.351 e. The van der Waals surface area contributed by atoms with Crippen LogP contribution in [-0.4, -0.2) is 40.5 Å². The molecule has 0 saturated heterocycles. The Bertz CT molecular complexity index is 1080. The molecule has 1 amide bonds. The van der Waals surface area contributed by atoms with Gasteiger partial charge < -0.3 is 0 Å². The summed E-state index contributed by atoms with van der Waals surface area (Å²) in [6, 6.07) is 4.86. The van der Waals surface area contributed by atoms with Gasteiger partial charge in [0.15, 0.2) is 0 Å². The summed E-state index contributed by atoms with van der Waals surface area (Å²) in [6.45, 7) is 0. The van der Waals surface area contributed by atoms with E-state index in [1.807, 2.05) is 0 Å². The van der Waals surface area contributed by atoms with Crippen molar-refractivity contribution >= 4 is 11.9 Å². The van der Waals surface area contributed by atoms with Gasteiger partial charge in [0.1, 0.15) is 5.82 Å². The van der Waals surface area contributed by atoms with Crippen LogP contribution in [0.25, 0.3) is 5.69 Å². The van der Waals surface area contributed by atoms with Crippen LogP contribution in [0.4, 0.5) is 10.3 Å². The summed E-state index contributed by atoms with van der Waals surface area (Å²) in [5, 5.41) is 16.4. The zero-order valence-corrected chi connectivity index (χ0v) is 13.0. The third kappa shape index (κ3) is 2.91. The molecule has 2 aromatic heterocycles. The van der Waals surface area contributed by atoms with Crippen LogP contribution in [0.1, 0.15) is 10.5 Å². The lowest BCUT2D eigenvalue weighted by molar-refractivity contribution is 0.101. The monoisotopic (exact) mass is 346 g/mol. The minimum Gasteiger partial charge on any atom is -0.288 e. The van der Waals surface area contributed by atoms with Crippen molar-refractivity contribution in [1.29, 1.82) is 0 Å². The first-order chi connectivity index (χ1) is 11.9. The first-order valence-electron chi connectivity index (χ1n) is 6.88. The molecule has 11 nitrogen and oxygen atoms in total. The maximum atomic E-state index is 13.4. The van der Waals surface area contributed by atoms with Crippen LogP contribution in [0, 0.1) is 5.82 Å². The smallest absolute Gasteiger partial charge is 0.288 e. The van der Waals surface area contributed by atoms with Crippen LogP contribution in [0.2, 0.25) is 0 Å². The molecule has 2 heterocycles. The average Bonchev–Trinajstić information content (AvgIpc) is 2.96. The molecule has 0 aliphatic rings. The number of aryl methyl sites for hydroxylation is 2. The van der Waals surface area contributed by atoms with Gasteiger partial charge in [-0.15, -0.1) is 0 Å². The number of halogens is 1. The van der Waals surface area contributed by atoms with Crippen molar-refractivity contribution < 1.29 is 9.18 Å². The quantitative estimate of drug-likeness (QED) is 0.633. The van der Waals surface area contributed by atoms with E-state index in [9.17, 15) is 18.8 Å². The number of carbonyl (C=O) groups excluding carboxylic acids is 1. The number of nitrogens with one attached hydrogen (secondary N) is 1. The number of anilines is 1. The summed E-state index contributed by atoms with van der Waals surface area (Å²) in [5.74, 6) is -1.57. The topological polar surface area (TPSA) is 130 Å². The second kappa shape index (κ2) is 6.07. The molecule has 128 valence electrons. The fraction of sp³-hybridized carbons (Fsp3) is 0.154. The standard InChI is InChI=1S/C13H11FN8O3/c1-20-12(16-18-19-20)15-10(23)9-11(24)22(13(25)21(2)17-9)8-5-3-4-7(14)6-8/h3-6H,1-2H3,(H,15,16,19,23). The Morgan fingerprint density at radius 2 is 1.96 bits per heavy atom. The SMILES string of the molecule is Cn1nnnc1NC(=O)c1nn(C)c(=O)n(-c2cccc(F)c2)c1=O. The van der Waals surface area contributed by atoms with Crippen molar-refractivity contribution in [3.63, 3.8) is 0 Å². The molecule has 0 atom stereocenters. The highest BCUT2D eigenvalue weighted by Gasteiger charge is 2.21. The van der Waals surface area contributed by atoms with Crippen molar-refractivity contribution in [1.82, 2.24) is 34.6 Å². The van der Waals surface area contributed by atoms with Gasteiger partial charge in [0.2, 0.25) is 11.6 Å². The van der Waals surface area contributed by atoms with E-state index < -0.39 is 28.7 Å². The van der Waals surface area contributed by atoms with E-state index in [1.165, 1.54) is 30.9 Å². The first-order valence-corrected chi connectivity index (χ1v) is 6.88. The van der Waals surface area contributed by atoms with Gasteiger partial charge in [-0.25, -0.2) is 23.1 Å². The highest BCUT2D eigenvalue weighted by atomic mass is 19.1. The fourth-order valence-electron chi connectivity index (χ4n) is 2.05. The van der Waals surface area contributed by atoms with E-state index in [1.54, 1.807) is 0 Å². The van der Waals surface area contributed by atoms with Gasteiger partial charge >= 0.3 is 5.69 Å². The number of nitrogens with zero attached hydrogens (tertiary/aromatic N) is 7. The predicted octanol–water partition coefficient (Wildman–Crippen LogP) is -1.15. The highest BCUT2D eigenvalue weighted by Crippen LogP contribution is 2.06. The summed E-state index contributed by atoms with van der Waals surface area (Å²) >= 11 is 0. The van der Waals surface area contributed by atoms with Gasteiger partial charge in [-0.2, -0.15) is 5.10 Å². The number of benzene rings is 1. The molecule has 3 rings (SSSR count). The fourth-order valence-corrected chi connectivity index (χ4v) is 2.05. The largest absolute Gasteiger partial charge is 0.351 e. The van der Waals surface area contributed by atoms with E-state index in [2.05, 4.69) is 25.9 Å². The van der Waals surface area contributed by atoms with Crippen LogP contribution in [-0.2, 0) is 14.1 Å².